The molecule has 0 spiro atoms. The van der Waals surface area contributed by atoms with E-state index in [1.165, 1.54) is 40.2 Å². The van der Waals surface area contributed by atoms with E-state index < -0.39 is 34.9 Å². The highest BCUT2D eigenvalue weighted by atomic mass is 32.2. The van der Waals surface area contributed by atoms with Crippen LogP contribution in [-0.4, -0.2) is 87.2 Å². The predicted molar refractivity (Wildman–Crippen MR) is 171 cm³/mol. The summed E-state index contributed by atoms with van der Waals surface area (Å²) >= 11 is 5.11. The molecule has 17 heteroatoms. The van der Waals surface area contributed by atoms with Crippen molar-refractivity contribution in [2.24, 2.45) is 5.16 Å². The number of rotatable bonds is 8. The third-order valence-electron chi connectivity index (χ3n) is 7.09. The van der Waals surface area contributed by atoms with Crippen molar-refractivity contribution in [2.45, 2.75) is 15.6 Å². The Morgan fingerprint density at radius 3 is 2.73 bits per heavy atom. The fourth-order valence-electron chi connectivity index (χ4n) is 4.97. The number of aliphatic carboxylic acids is 1. The van der Waals surface area contributed by atoms with Crippen LogP contribution < -0.4 is 21.4 Å². The number of anilines is 2. The van der Waals surface area contributed by atoms with E-state index in [9.17, 15) is 29.5 Å². The zero-order chi connectivity index (χ0) is 31.0. The minimum atomic E-state index is -1.28. The molecule has 2 aromatic heterocycles. The number of nitrogens with two attached hydrogens (primary N) is 1. The molecule has 2 amide bonds. The molecule has 0 bridgehead atoms. The van der Waals surface area contributed by atoms with Gasteiger partial charge in [0.25, 0.3) is 11.8 Å². The summed E-state index contributed by atoms with van der Waals surface area (Å²) in [4.78, 5) is 58.1. The first-order chi connectivity index (χ1) is 21.2. The quantitative estimate of drug-likeness (QED) is 0.0901. The second-order valence-electron chi connectivity index (χ2n) is 9.69. The van der Waals surface area contributed by atoms with Gasteiger partial charge in [-0.1, -0.05) is 16.9 Å². The molecular formula is C27H24N6O7S4. The topological polar surface area (TPSA) is 188 Å². The lowest BCUT2D eigenvalue weighted by Crippen LogP contribution is -2.71. The fourth-order valence-corrected chi connectivity index (χ4v) is 8.85. The van der Waals surface area contributed by atoms with Crippen LogP contribution in [0, 0.1) is 0 Å². The highest BCUT2D eigenvalue weighted by Gasteiger charge is 2.54. The molecule has 1 unspecified atom stereocenters. The average Bonchev–Trinajstić information content (AvgIpc) is 3.45. The molecule has 3 aromatic rings. The van der Waals surface area contributed by atoms with Crippen molar-refractivity contribution in [2.75, 3.05) is 42.7 Å². The normalized spacial score (nSPS) is 20.6. The third-order valence-corrected chi connectivity index (χ3v) is 11.1. The number of hydrogen-bond acceptors (Lipinski definition) is 14. The monoisotopic (exact) mass is 672 g/mol. The summed E-state index contributed by atoms with van der Waals surface area (Å²) in [6.07, 6.45) is 1.63. The molecule has 5 N–H and O–H groups in total. The van der Waals surface area contributed by atoms with Gasteiger partial charge in [0.15, 0.2) is 16.3 Å². The van der Waals surface area contributed by atoms with Gasteiger partial charge >= 0.3 is 5.97 Å². The van der Waals surface area contributed by atoms with Gasteiger partial charge in [0.2, 0.25) is 0 Å². The van der Waals surface area contributed by atoms with Crippen LogP contribution in [0.25, 0.3) is 10.1 Å². The van der Waals surface area contributed by atoms with Crippen LogP contribution in [-0.2, 0) is 19.1 Å². The zero-order valence-corrected chi connectivity index (χ0v) is 25.9. The Bertz CT molecular complexity index is 1810. The van der Waals surface area contributed by atoms with Crippen molar-refractivity contribution in [3.05, 3.63) is 68.3 Å². The molecule has 44 heavy (non-hydrogen) atoms. The summed E-state index contributed by atoms with van der Waals surface area (Å²) in [7, 11) is 0. The maximum atomic E-state index is 13.0. The van der Waals surface area contributed by atoms with E-state index in [0.29, 0.717) is 24.2 Å². The van der Waals surface area contributed by atoms with Gasteiger partial charge in [0, 0.05) is 46.1 Å². The number of fused-ring (bicyclic) bond motifs is 2. The number of β-lactam (4-membered cyclic amide) rings is 1. The summed E-state index contributed by atoms with van der Waals surface area (Å²) in [5.74, 6) is -2.46. The van der Waals surface area contributed by atoms with Crippen LogP contribution in [0.1, 0.15) is 5.69 Å². The summed E-state index contributed by atoms with van der Waals surface area (Å²) in [5.41, 5.74) is 6.41. The van der Waals surface area contributed by atoms with E-state index in [2.05, 4.69) is 20.4 Å². The molecule has 5 heterocycles. The Morgan fingerprint density at radius 1 is 1.23 bits per heavy atom. The number of nitrogens with zero attached hydrogens (tertiary/aromatic N) is 4. The van der Waals surface area contributed by atoms with Gasteiger partial charge < -0.3 is 31.0 Å². The SMILES string of the molecule is Nc1nc(/C(=N\O)C(=O)NC2C(=O)N3C(C(=O)O)=C(/C=C/Sc4cc(=O)c5ccc(N6CCOCC6)cc5s4)CS[C@H]23)cs1. The Balaban J connectivity index is 1.17. The van der Waals surface area contributed by atoms with Crippen LogP contribution >= 0.6 is 46.2 Å². The lowest BCUT2D eigenvalue weighted by atomic mass is 10.0. The zero-order valence-electron chi connectivity index (χ0n) is 22.7. The smallest absolute Gasteiger partial charge is 0.352 e. The number of thiazole rings is 1. The molecule has 0 saturated carbocycles. The van der Waals surface area contributed by atoms with E-state index in [0.717, 1.165) is 43.9 Å². The number of hydrogen-bond donors (Lipinski definition) is 4. The number of amides is 2. The van der Waals surface area contributed by atoms with Crippen molar-refractivity contribution in [1.82, 2.24) is 15.2 Å². The first-order valence-electron chi connectivity index (χ1n) is 13.1. The van der Waals surface area contributed by atoms with Crippen molar-refractivity contribution < 1.29 is 29.4 Å². The largest absolute Gasteiger partial charge is 0.477 e. The van der Waals surface area contributed by atoms with E-state index in [1.54, 1.807) is 17.6 Å². The Labute approximate surface area is 266 Å². The summed E-state index contributed by atoms with van der Waals surface area (Å²) in [6.45, 7) is 2.88. The molecule has 1 aromatic carbocycles. The lowest BCUT2D eigenvalue weighted by Gasteiger charge is -2.49. The van der Waals surface area contributed by atoms with Crippen LogP contribution in [0.5, 0.6) is 0 Å². The van der Waals surface area contributed by atoms with Crippen molar-refractivity contribution in [3.8, 4) is 0 Å². The van der Waals surface area contributed by atoms with Crippen LogP contribution in [0.15, 0.2) is 66.6 Å². The molecule has 3 aliphatic heterocycles. The van der Waals surface area contributed by atoms with E-state index in [1.807, 2.05) is 18.2 Å². The molecule has 2 saturated heterocycles. The molecule has 0 aliphatic carbocycles. The van der Waals surface area contributed by atoms with Crippen LogP contribution in [0.4, 0.5) is 10.8 Å². The number of benzene rings is 1. The molecule has 2 atom stereocenters. The highest BCUT2D eigenvalue weighted by molar-refractivity contribution is 8.04. The first kappa shape index (κ1) is 30.1. The van der Waals surface area contributed by atoms with Gasteiger partial charge in [0.1, 0.15) is 22.8 Å². The number of ether oxygens (including phenoxy) is 1. The number of aromatic nitrogens is 1. The standard InChI is InChI=1S/C27H24N6O7S4/c28-27-29-16(12-43-27)20(31-39)23(35)30-21-24(36)33-22(26(37)38)13(11-42-25(21)33)3-8-41-19-10-17(34)15-2-1-14(9-18(15)44-19)32-4-6-40-7-5-32/h1-3,8-10,12,21,25,39H,4-7,11H2,(H2,28,29)(H,30,35)(H,37,38)/b8-3+,31-20+/t21?,25-/m1/s1. The summed E-state index contributed by atoms with van der Waals surface area (Å²) < 4.78 is 7.03. The number of carboxylic acids is 1. The third kappa shape index (κ3) is 5.80. The Hall–Kier alpha value is -3.90. The van der Waals surface area contributed by atoms with Crippen LogP contribution in [0.2, 0.25) is 0 Å². The van der Waals surface area contributed by atoms with Gasteiger partial charge in [-0.25, -0.2) is 9.78 Å². The van der Waals surface area contributed by atoms with Gasteiger partial charge in [-0.2, -0.15) is 0 Å². The number of nitrogen functional groups attached to an aromatic ring is 1. The Morgan fingerprint density at radius 2 is 2.02 bits per heavy atom. The van der Waals surface area contributed by atoms with Gasteiger partial charge in [0.05, 0.1) is 17.4 Å². The molecular weight excluding hydrogens is 649 g/mol. The number of morpholine rings is 1. The highest BCUT2D eigenvalue weighted by Crippen LogP contribution is 2.41. The fraction of sp³-hybridized carbons (Fsp3) is 0.259. The van der Waals surface area contributed by atoms with E-state index in [-0.39, 0.29) is 27.7 Å². The number of allylic oxidation sites excluding steroid dienone is 1. The maximum absolute atomic E-state index is 13.0. The van der Waals surface area contributed by atoms with Crippen molar-refractivity contribution in [1.29, 1.82) is 0 Å². The summed E-state index contributed by atoms with van der Waals surface area (Å²) in [5, 5.41) is 28.1. The number of carboxylic acid groups (broad SMARTS) is 1. The predicted octanol–water partition coefficient (Wildman–Crippen LogP) is 2.36. The minimum absolute atomic E-state index is 0.0532. The average molecular weight is 673 g/mol. The molecule has 2 fully saturated rings. The second-order valence-corrected chi connectivity index (χ2v) is 14.0. The van der Waals surface area contributed by atoms with E-state index >= 15 is 0 Å². The first-order valence-corrected chi connectivity index (χ1v) is 16.8. The molecule has 13 nitrogen and oxygen atoms in total. The van der Waals surface area contributed by atoms with Gasteiger partial charge in [-0.05, 0) is 35.3 Å². The number of carbonyl (C=O) groups is 3. The summed E-state index contributed by atoms with van der Waals surface area (Å²) in [6, 6.07) is 6.34. The molecule has 6 rings (SSSR count). The van der Waals surface area contributed by atoms with Crippen molar-refractivity contribution in [3.63, 3.8) is 0 Å². The number of oxime groups is 1. The van der Waals surface area contributed by atoms with Gasteiger partial charge in [-0.15, -0.1) is 34.4 Å². The second kappa shape index (κ2) is 12.6. The van der Waals surface area contributed by atoms with Crippen molar-refractivity contribution >= 4 is 90.6 Å². The maximum Gasteiger partial charge on any atom is 0.352 e. The Kier molecular flexibility index (Phi) is 8.64. The molecule has 228 valence electrons. The number of carbonyl (C=O) groups excluding carboxylic acids is 2. The number of thioether (sulfide) groups is 2. The van der Waals surface area contributed by atoms with Crippen LogP contribution in [0.3, 0.4) is 0 Å². The number of nitrogens with one attached hydrogen (secondary N) is 1. The van der Waals surface area contributed by atoms with Gasteiger partial charge in [-0.3, -0.25) is 19.3 Å². The molecule has 3 aliphatic rings. The lowest BCUT2D eigenvalue weighted by molar-refractivity contribution is -0.150. The minimum Gasteiger partial charge on any atom is -0.477 e. The van der Waals surface area contributed by atoms with E-state index in [4.69, 9.17) is 10.5 Å². The molecule has 0 radical (unpaired) electrons.